The minimum Gasteiger partial charge on any atom is -0.467 e. The SMILES string of the molecule is CCCCCCCC[C@H](NC(=O)Cc1ccc(F)c(F)c1)C(=O)OC. The van der Waals surface area contributed by atoms with Gasteiger partial charge in [0.1, 0.15) is 6.04 Å². The summed E-state index contributed by atoms with van der Waals surface area (Å²) in [5, 5.41) is 2.62. The Kier molecular flexibility index (Phi) is 9.73. The van der Waals surface area contributed by atoms with Gasteiger partial charge in [-0.05, 0) is 24.1 Å². The van der Waals surface area contributed by atoms with E-state index in [2.05, 4.69) is 12.2 Å². The van der Waals surface area contributed by atoms with Crippen LogP contribution in [-0.2, 0) is 20.7 Å². The first-order valence-electron chi connectivity index (χ1n) is 8.79. The van der Waals surface area contributed by atoms with E-state index < -0.39 is 29.6 Å². The molecule has 0 aromatic heterocycles. The molecule has 0 aliphatic rings. The highest BCUT2D eigenvalue weighted by molar-refractivity contribution is 5.85. The average Bonchev–Trinajstić information content (AvgIpc) is 2.59. The van der Waals surface area contributed by atoms with Crippen LogP contribution < -0.4 is 5.32 Å². The lowest BCUT2D eigenvalue weighted by Crippen LogP contribution is -2.42. The predicted molar refractivity (Wildman–Crippen MR) is 92.0 cm³/mol. The summed E-state index contributed by atoms with van der Waals surface area (Å²) in [7, 11) is 1.28. The maximum Gasteiger partial charge on any atom is 0.328 e. The summed E-state index contributed by atoms with van der Waals surface area (Å²) >= 11 is 0. The number of esters is 1. The van der Waals surface area contributed by atoms with E-state index >= 15 is 0 Å². The van der Waals surface area contributed by atoms with Gasteiger partial charge in [-0.3, -0.25) is 4.79 Å². The Hall–Kier alpha value is -1.98. The Bertz CT molecular complexity index is 564. The van der Waals surface area contributed by atoms with Crippen molar-refractivity contribution in [1.29, 1.82) is 0 Å². The van der Waals surface area contributed by atoms with Gasteiger partial charge in [-0.25, -0.2) is 13.6 Å². The molecule has 6 heteroatoms. The Morgan fingerprint density at radius 2 is 1.76 bits per heavy atom. The molecule has 1 atom stereocenters. The molecule has 0 radical (unpaired) electrons. The van der Waals surface area contributed by atoms with E-state index in [4.69, 9.17) is 4.74 Å². The fraction of sp³-hybridized carbons (Fsp3) is 0.579. The molecule has 140 valence electrons. The fourth-order valence-corrected chi connectivity index (χ4v) is 2.60. The summed E-state index contributed by atoms with van der Waals surface area (Å²) in [4.78, 5) is 23.9. The van der Waals surface area contributed by atoms with E-state index in [9.17, 15) is 18.4 Å². The number of rotatable bonds is 11. The van der Waals surface area contributed by atoms with Crippen LogP contribution in [0.2, 0.25) is 0 Å². The number of ether oxygens (including phenoxy) is 1. The van der Waals surface area contributed by atoms with Crippen LogP contribution in [-0.4, -0.2) is 25.0 Å². The monoisotopic (exact) mass is 355 g/mol. The summed E-state index contributed by atoms with van der Waals surface area (Å²) in [6.45, 7) is 2.15. The summed E-state index contributed by atoms with van der Waals surface area (Å²) < 4.78 is 30.8. The number of unbranched alkanes of at least 4 members (excludes halogenated alkanes) is 5. The van der Waals surface area contributed by atoms with Crippen LogP contribution in [0.5, 0.6) is 0 Å². The van der Waals surface area contributed by atoms with Crippen molar-refractivity contribution in [1.82, 2.24) is 5.32 Å². The van der Waals surface area contributed by atoms with Gasteiger partial charge in [0.2, 0.25) is 5.91 Å². The molecular weight excluding hydrogens is 328 g/mol. The molecule has 0 heterocycles. The molecule has 4 nitrogen and oxygen atoms in total. The van der Waals surface area contributed by atoms with E-state index in [-0.39, 0.29) is 6.42 Å². The first-order chi connectivity index (χ1) is 12.0. The zero-order chi connectivity index (χ0) is 18.7. The summed E-state index contributed by atoms with van der Waals surface area (Å²) in [6.07, 6.45) is 6.83. The largest absolute Gasteiger partial charge is 0.467 e. The smallest absolute Gasteiger partial charge is 0.328 e. The number of carbonyl (C=O) groups excluding carboxylic acids is 2. The lowest BCUT2D eigenvalue weighted by atomic mass is 10.0. The van der Waals surface area contributed by atoms with E-state index in [1.165, 1.54) is 32.4 Å². The zero-order valence-electron chi connectivity index (χ0n) is 14.9. The van der Waals surface area contributed by atoms with Crippen LogP contribution >= 0.6 is 0 Å². The first kappa shape index (κ1) is 21.1. The van der Waals surface area contributed by atoms with Gasteiger partial charge >= 0.3 is 5.97 Å². The van der Waals surface area contributed by atoms with Crippen molar-refractivity contribution in [3.63, 3.8) is 0 Å². The number of hydrogen-bond acceptors (Lipinski definition) is 3. The van der Waals surface area contributed by atoms with E-state index in [1.54, 1.807) is 0 Å². The van der Waals surface area contributed by atoms with Crippen molar-refractivity contribution in [2.45, 2.75) is 64.3 Å². The molecule has 1 rings (SSSR count). The molecule has 1 amide bonds. The summed E-state index contributed by atoms with van der Waals surface area (Å²) in [6, 6.07) is 2.59. The Labute approximate surface area is 147 Å². The van der Waals surface area contributed by atoms with Gasteiger partial charge < -0.3 is 10.1 Å². The van der Waals surface area contributed by atoms with Gasteiger partial charge in [-0.1, -0.05) is 51.5 Å². The van der Waals surface area contributed by atoms with Crippen molar-refractivity contribution >= 4 is 11.9 Å². The van der Waals surface area contributed by atoms with Crippen molar-refractivity contribution in [2.75, 3.05) is 7.11 Å². The van der Waals surface area contributed by atoms with Gasteiger partial charge in [0.15, 0.2) is 11.6 Å². The van der Waals surface area contributed by atoms with Crippen molar-refractivity contribution in [3.8, 4) is 0 Å². The third kappa shape index (κ3) is 8.09. The van der Waals surface area contributed by atoms with Crippen LogP contribution in [0.25, 0.3) is 0 Å². The number of amides is 1. The molecule has 0 bridgehead atoms. The normalized spacial score (nSPS) is 11.8. The van der Waals surface area contributed by atoms with Gasteiger partial charge in [-0.15, -0.1) is 0 Å². The second kappa shape index (κ2) is 11.6. The molecule has 0 unspecified atom stereocenters. The van der Waals surface area contributed by atoms with Gasteiger partial charge in [0, 0.05) is 0 Å². The number of carbonyl (C=O) groups is 2. The molecule has 1 N–H and O–H groups in total. The van der Waals surface area contributed by atoms with Crippen LogP contribution in [0.1, 0.15) is 57.4 Å². The highest BCUT2D eigenvalue weighted by Crippen LogP contribution is 2.11. The van der Waals surface area contributed by atoms with Crippen LogP contribution in [0.15, 0.2) is 18.2 Å². The quantitative estimate of drug-likeness (QED) is 0.484. The molecule has 0 aliphatic heterocycles. The lowest BCUT2D eigenvalue weighted by molar-refractivity contribution is -0.145. The van der Waals surface area contributed by atoms with Gasteiger partial charge in [0.25, 0.3) is 0 Å². The average molecular weight is 355 g/mol. The fourth-order valence-electron chi connectivity index (χ4n) is 2.60. The Morgan fingerprint density at radius 1 is 1.08 bits per heavy atom. The maximum absolute atomic E-state index is 13.2. The van der Waals surface area contributed by atoms with E-state index in [0.29, 0.717) is 12.0 Å². The van der Waals surface area contributed by atoms with Crippen molar-refractivity contribution < 1.29 is 23.1 Å². The van der Waals surface area contributed by atoms with E-state index in [1.807, 2.05) is 0 Å². The molecule has 0 saturated heterocycles. The number of benzene rings is 1. The Balaban J connectivity index is 2.48. The number of halogens is 2. The molecule has 1 aromatic carbocycles. The predicted octanol–water partition coefficient (Wildman–Crippen LogP) is 3.92. The van der Waals surface area contributed by atoms with Gasteiger partial charge in [0.05, 0.1) is 13.5 Å². The molecule has 0 fully saturated rings. The second-order valence-corrected chi connectivity index (χ2v) is 6.12. The number of hydrogen-bond donors (Lipinski definition) is 1. The minimum absolute atomic E-state index is 0.124. The molecule has 25 heavy (non-hydrogen) atoms. The van der Waals surface area contributed by atoms with Crippen molar-refractivity contribution in [2.24, 2.45) is 0 Å². The highest BCUT2D eigenvalue weighted by Gasteiger charge is 2.21. The van der Waals surface area contributed by atoms with Crippen LogP contribution in [0.3, 0.4) is 0 Å². The molecule has 0 spiro atoms. The van der Waals surface area contributed by atoms with Crippen LogP contribution in [0.4, 0.5) is 8.78 Å². The third-order valence-electron chi connectivity index (χ3n) is 4.02. The highest BCUT2D eigenvalue weighted by atomic mass is 19.2. The topological polar surface area (TPSA) is 55.4 Å². The summed E-state index contributed by atoms with van der Waals surface area (Å²) in [5.41, 5.74) is 0.347. The Morgan fingerprint density at radius 3 is 2.40 bits per heavy atom. The third-order valence-corrected chi connectivity index (χ3v) is 4.02. The van der Waals surface area contributed by atoms with Crippen LogP contribution in [0, 0.1) is 11.6 Å². The summed E-state index contributed by atoms with van der Waals surface area (Å²) in [5.74, 6) is -2.87. The maximum atomic E-state index is 13.2. The zero-order valence-corrected chi connectivity index (χ0v) is 14.9. The molecule has 0 aliphatic carbocycles. The lowest BCUT2D eigenvalue weighted by Gasteiger charge is -2.16. The van der Waals surface area contributed by atoms with Gasteiger partial charge in [-0.2, -0.15) is 0 Å². The molecule has 1 aromatic rings. The standard InChI is InChI=1S/C19H27F2NO3/c1-3-4-5-6-7-8-9-17(19(24)25-2)22-18(23)13-14-10-11-15(20)16(21)12-14/h10-12,17H,3-9,13H2,1-2H3,(H,22,23)/t17-/m0/s1. The van der Waals surface area contributed by atoms with E-state index in [0.717, 1.165) is 31.4 Å². The first-order valence-corrected chi connectivity index (χ1v) is 8.79. The number of nitrogens with one attached hydrogen (secondary N) is 1. The second-order valence-electron chi connectivity index (χ2n) is 6.12. The molecule has 0 saturated carbocycles. The minimum atomic E-state index is -0.998. The molecular formula is C19H27F2NO3. The number of methoxy groups -OCH3 is 1. The van der Waals surface area contributed by atoms with Crippen molar-refractivity contribution in [3.05, 3.63) is 35.4 Å².